The summed E-state index contributed by atoms with van der Waals surface area (Å²) in [6.07, 6.45) is 4.25. The molecule has 142 valence electrons. The smallest absolute Gasteiger partial charge is 0.0631 e. The van der Waals surface area contributed by atoms with E-state index in [9.17, 15) is 0 Å². The first-order valence-corrected chi connectivity index (χ1v) is 9.85. The second-order valence-corrected chi connectivity index (χ2v) is 9.81. The Morgan fingerprint density at radius 3 is 1.83 bits per heavy atom. The maximum absolute atomic E-state index is 6.01. The summed E-state index contributed by atoms with van der Waals surface area (Å²) < 4.78 is 12.0. The van der Waals surface area contributed by atoms with Crippen molar-refractivity contribution in [1.82, 2.24) is 9.80 Å². The molecule has 0 aromatic heterocycles. The third-order valence-electron chi connectivity index (χ3n) is 4.98. The van der Waals surface area contributed by atoms with E-state index in [1.54, 1.807) is 0 Å². The highest BCUT2D eigenvalue weighted by atomic mass is 16.5. The molecule has 1 aliphatic heterocycles. The minimum absolute atomic E-state index is 0.0255. The maximum atomic E-state index is 6.01. The molecule has 0 aromatic carbocycles. The Bertz CT molecular complexity index is 359. The molecule has 24 heavy (non-hydrogen) atoms. The maximum Gasteiger partial charge on any atom is 0.0631 e. The molecule has 1 aliphatic carbocycles. The third kappa shape index (κ3) is 7.81. The first-order valence-electron chi connectivity index (χ1n) is 9.85. The molecule has 2 aliphatic rings. The summed E-state index contributed by atoms with van der Waals surface area (Å²) in [5.41, 5.74) is 0.421. The number of hydrogen-bond acceptors (Lipinski definition) is 4. The Kier molecular flexibility index (Phi) is 7.12. The first-order chi connectivity index (χ1) is 11.1. The van der Waals surface area contributed by atoms with Crippen LogP contribution in [0.3, 0.4) is 0 Å². The van der Waals surface area contributed by atoms with Crippen LogP contribution in [-0.4, -0.2) is 73.5 Å². The predicted molar refractivity (Wildman–Crippen MR) is 101 cm³/mol. The number of nitrogens with zero attached hydrogens (tertiary/aromatic N) is 2. The third-order valence-corrected chi connectivity index (χ3v) is 4.98. The number of piperazine rings is 1. The van der Waals surface area contributed by atoms with Crippen LogP contribution in [0.1, 0.15) is 60.8 Å². The zero-order chi connectivity index (χ0) is 17.8. The highest BCUT2D eigenvalue weighted by Crippen LogP contribution is 2.29. The van der Waals surface area contributed by atoms with Gasteiger partial charge in [0.05, 0.1) is 24.4 Å². The monoisotopic (exact) mass is 340 g/mol. The molecule has 1 saturated heterocycles. The first kappa shape index (κ1) is 20.2. The Morgan fingerprint density at radius 2 is 1.33 bits per heavy atom. The Morgan fingerprint density at radius 1 is 0.792 bits per heavy atom. The van der Waals surface area contributed by atoms with Gasteiger partial charge in [-0.05, 0) is 52.0 Å². The van der Waals surface area contributed by atoms with Gasteiger partial charge in [-0.15, -0.1) is 0 Å². The lowest BCUT2D eigenvalue weighted by atomic mass is 9.91. The van der Waals surface area contributed by atoms with Crippen LogP contribution in [0, 0.1) is 5.41 Å². The highest BCUT2D eigenvalue weighted by Gasteiger charge is 2.33. The fraction of sp³-hybridized carbons (Fsp3) is 1.00. The van der Waals surface area contributed by atoms with Crippen molar-refractivity contribution in [3.8, 4) is 0 Å². The summed E-state index contributed by atoms with van der Waals surface area (Å²) in [6.45, 7) is 21.4. The summed E-state index contributed by atoms with van der Waals surface area (Å²) in [7, 11) is 0. The molecule has 0 unspecified atom stereocenters. The van der Waals surface area contributed by atoms with Gasteiger partial charge in [0.1, 0.15) is 0 Å². The SMILES string of the molecule is CC(C)(C)CCN1CCN(CCO[C@H]2C[C@H](OC(C)(C)C)C2)CC1. The van der Waals surface area contributed by atoms with Crippen LogP contribution < -0.4 is 0 Å². The van der Waals surface area contributed by atoms with Crippen molar-refractivity contribution in [2.45, 2.75) is 78.6 Å². The molecule has 0 bridgehead atoms. The predicted octanol–water partition coefficient (Wildman–Crippen LogP) is 3.40. The number of rotatable bonds is 7. The second-order valence-electron chi connectivity index (χ2n) is 9.81. The molecule has 0 radical (unpaired) electrons. The highest BCUT2D eigenvalue weighted by molar-refractivity contribution is 4.83. The van der Waals surface area contributed by atoms with Crippen LogP contribution in [0.25, 0.3) is 0 Å². The van der Waals surface area contributed by atoms with Crippen LogP contribution >= 0.6 is 0 Å². The fourth-order valence-corrected chi connectivity index (χ4v) is 3.33. The molecule has 0 amide bonds. The van der Waals surface area contributed by atoms with Gasteiger partial charge in [0.25, 0.3) is 0 Å². The molecule has 0 spiro atoms. The summed E-state index contributed by atoms with van der Waals surface area (Å²) in [5.74, 6) is 0. The molecule has 4 nitrogen and oxygen atoms in total. The van der Waals surface area contributed by atoms with Crippen LogP contribution in [0.15, 0.2) is 0 Å². The van der Waals surface area contributed by atoms with Crippen molar-refractivity contribution >= 4 is 0 Å². The zero-order valence-electron chi connectivity index (χ0n) is 16.9. The van der Waals surface area contributed by atoms with Crippen molar-refractivity contribution < 1.29 is 9.47 Å². The van der Waals surface area contributed by atoms with E-state index in [-0.39, 0.29) is 5.60 Å². The van der Waals surface area contributed by atoms with Crippen LogP contribution in [0.2, 0.25) is 0 Å². The van der Waals surface area contributed by atoms with E-state index >= 15 is 0 Å². The summed E-state index contributed by atoms with van der Waals surface area (Å²) >= 11 is 0. The van der Waals surface area contributed by atoms with Gasteiger partial charge in [0.2, 0.25) is 0 Å². The van der Waals surface area contributed by atoms with Crippen molar-refractivity contribution in [3.05, 3.63) is 0 Å². The van der Waals surface area contributed by atoms with Gasteiger partial charge in [0, 0.05) is 32.7 Å². The van der Waals surface area contributed by atoms with Gasteiger partial charge < -0.3 is 14.4 Å². The normalized spacial score (nSPS) is 27.2. The lowest BCUT2D eigenvalue weighted by Gasteiger charge is -2.40. The number of hydrogen-bond donors (Lipinski definition) is 0. The van der Waals surface area contributed by atoms with Gasteiger partial charge in [-0.3, -0.25) is 4.90 Å². The standard InChI is InChI=1S/C20H40N2O2/c1-19(2,3)7-8-21-9-11-22(12-10-21)13-14-23-17-15-18(16-17)24-20(4,5)6/h17-18H,7-16H2,1-6H3/t17-,18-. The average Bonchev–Trinajstić information content (AvgIpc) is 2.41. The Hall–Kier alpha value is -0.160. The van der Waals surface area contributed by atoms with Crippen molar-refractivity contribution in [2.75, 3.05) is 45.9 Å². The fourth-order valence-electron chi connectivity index (χ4n) is 3.33. The van der Waals surface area contributed by atoms with Crippen molar-refractivity contribution in [1.29, 1.82) is 0 Å². The van der Waals surface area contributed by atoms with E-state index in [0.717, 1.165) is 26.0 Å². The summed E-state index contributed by atoms with van der Waals surface area (Å²) in [5, 5.41) is 0. The molecule has 2 fully saturated rings. The van der Waals surface area contributed by atoms with Gasteiger partial charge in [0.15, 0.2) is 0 Å². The minimum atomic E-state index is -0.0255. The molecular formula is C20H40N2O2. The van der Waals surface area contributed by atoms with Crippen LogP contribution in [-0.2, 0) is 9.47 Å². The molecule has 1 heterocycles. The van der Waals surface area contributed by atoms with E-state index in [1.807, 2.05) is 0 Å². The lowest BCUT2D eigenvalue weighted by Crippen LogP contribution is -2.48. The van der Waals surface area contributed by atoms with Crippen LogP contribution in [0.5, 0.6) is 0 Å². The average molecular weight is 341 g/mol. The van der Waals surface area contributed by atoms with Gasteiger partial charge in [-0.25, -0.2) is 0 Å². The largest absolute Gasteiger partial charge is 0.377 e. The molecular weight excluding hydrogens is 300 g/mol. The quantitative estimate of drug-likeness (QED) is 0.709. The lowest BCUT2D eigenvalue weighted by molar-refractivity contribution is -0.149. The molecule has 4 heteroatoms. The van der Waals surface area contributed by atoms with E-state index in [2.05, 4.69) is 51.3 Å². The zero-order valence-corrected chi connectivity index (χ0v) is 16.9. The number of ether oxygens (including phenoxy) is 2. The summed E-state index contributed by atoms with van der Waals surface area (Å²) in [4.78, 5) is 5.17. The molecule has 1 saturated carbocycles. The van der Waals surface area contributed by atoms with E-state index in [1.165, 1.54) is 39.1 Å². The van der Waals surface area contributed by atoms with Crippen molar-refractivity contribution in [3.63, 3.8) is 0 Å². The molecule has 0 N–H and O–H groups in total. The van der Waals surface area contributed by atoms with Gasteiger partial charge in [-0.2, -0.15) is 0 Å². The molecule has 0 atom stereocenters. The van der Waals surface area contributed by atoms with E-state index in [4.69, 9.17) is 9.47 Å². The topological polar surface area (TPSA) is 24.9 Å². The summed E-state index contributed by atoms with van der Waals surface area (Å²) in [6, 6.07) is 0. The van der Waals surface area contributed by atoms with E-state index in [0.29, 0.717) is 17.6 Å². The Balaban J connectivity index is 1.49. The minimum Gasteiger partial charge on any atom is -0.377 e. The Labute approximate surface area is 149 Å². The van der Waals surface area contributed by atoms with Crippen molar-refractivity contribution in [2.24, 2.45) is 5.41 Å². The van der Waals surface area contributed by atoms with E-state index < -0.39 is 0 Å². The van der Waals surface area contributed by atoms with Crippen LogP contribution in [0.4, 0.5) is 0 Å². The second kappa shape index (κ2) is 8.48. The van der Waals surface area contributed by atoms with Gasteiger partial charge >= 0.3 is 0 Å². The molecule has 2 rings (SSSR count). The van der Waals surface area contributed by atoms with Gasteiger partial charge in [-0.1, -0.05) is 20.8 Å². The molecule has 0 aromatic rings.